The molecule has 0 atom stereocenters. The number of hydrogen-bond donors (Lipinski definition) is 0. The first-order valence-corrected chi connectivity index (χ1v) is 5.34. The van der Waals surface area contributed by atoms with Crippen LogP contribution in [-0.2, 0) is 4.74 Å². The van der Waals surface area contributed by atoms with Crippen LogP contribution in [0, 0.1) is 0 Å². The van der Waals surface area contributed by atoms with Gasteiger partial charge in [0, 0.05) is 26.1 Å². The molecular formula is C11H22N2O. The van der Waals surface area contributed by atoms with E-state index in [1.165, 1.54) is 0 Å². The summed E-state index contributed by atoms with van der Waals surface area (Å²) in [5, 5.41) is 5.86. The fourth-order valence-corrected chi connectivity index (χ4v) is 1.39. The highest BCUT2D eigenvalue weighted by Gasteiger charge is 2.17. The molecule has 0 saturated carbocycles. The Bertz CT molecular complexity index is 163. The van der Waals surface area contributed by atoms with Crippen molar-refractivity contribution in [3.8, 4) is 0 Å². The standard InChI is InChI=1S/C9H16N2O.C2H6/c1-3-6-11(10-2)9-4-7-12-8-5-9;1-2/h3,6,9H,2,4-5,7-8H2,1H3;1-2H3/b6-3-;. The minimum Gasteiger partial charge on any atom is -0.381 e. The lowest BCUT2D eigenvalue weighted by Gasteiger charge is -2.29. The van der Waals surface area contributed by atoms with Crippen LogP contribution in [0.3, 0.4) is 0 Å². The molecule has 0 spiro atoms. The second kappa shape index (κ2) is 8.75. The molecule has 0 amide bonds. The van der Waals surface area contributed by atoms with Gasteiger partial charge in [0.25, 0.3) is 0 Å². The Hall–Kier alpha value is -0.830. The van der Waals surface area contributed by atoms with Gasteiger partial charge in [-0.1, -0.05) is 19.9 Å². The van der Waals surface area contributed by atoms with Crippen LogP contribution in [0.15, 0.2) is 17.4 Å². The van der Waals surface area contributed by atoms with Gasteiger partial charge in [0.2, 0.25) is 0 Å². The molecule has 0 aromatic rings. The van der Waals surface area contributed by atoms with Crippen LogP contribution in [0.2, 0.25) is 0 Å². The fraction of sp³-hybridized carbons (Fsp3) is 0.727. The molecule has 0 radical (unpaired) electrons. The van der Waals surface area contributed by atoms with Crippen molar-refractivity contribution in [2.75, 3.05) is 13.2 Å². The van der Waals surface area contributed by atoms with Crippen molar-refractivity contribution in [3.63, 3.8) is 0 Å². The molecule has 3 nitrogen and oxygen atoms in total. The number of hydrogen-bond acceptors (Lipinski definition) is 3. The van der Waals surface area contributed by atoms with E-state index in [0.29, 0.717) is 6.04 Å². The monoisotopic (exact) mass is 198 g/mol. The minimum atomic E-state index is 0.479. The first-order valence-electron chi connectivity index (χ1n) is 5.34. The van der Waals surface area contributed by atoms with Gasteiger partial charge in [0.05, 0.1) is 6.04 Å². The summed E-state index contributed by atoms with van der Waals surface area (Å²) in [4.78, 5) is 0. The quantitative estimate of drug-likeness (QED) is 0.514. The van der Waals surface area contributed by atoms with Crippen LogP contribution in [0.4, 0.5) is 0 Å². The van der Waals surface area contributed by atoms with Gasteiger partial charge in [0.15, 0.2) is 0 Å². The first kappa shape index (κ1) is 13.2. The maximum Gasteiger partial charge on any atom is 0.0562 e. The second-order valence-electron chi connectivity index (χ2n) is 2.85. The molecule has 1 saturated heterocycles. The van der Waals surface area contributed by atoms with Gasteiger partial charge in [-0.15, -0.1) is 0 Å². The molecule has 1 fully saturated rings. The van der Waals surface area contributed by atoms with Crippen molar-refractivity contribution < 1.29 is 4.74 Å². The van der Waals surface area contributed by atoms with E-state index in [1.54, 1.807) is 0 Å². The molecule has 14 heavy (non-hydrogen) atoms. The van der Waals surface area contributed by atoms with Crippen LogP contribution in [0.1, 0.15) is 33.6 Å². The topological polar surface area (TPSA) is 24.8 Å². The molecule has 0 aromatic carbocycles. The predicted octanol–water partition coefficient (Wildman–Crippen LogP) is 2.64. The van der Waals surface area contributed by atoms with Gasteiger partial charge in [-0.05, 0) is 19.8 Å². The lowest BCUT2D eigenvalue weighted by atomic mass is 10.1. The Balaban J connectivity index is 0.000000791. The maximum absolute atomic E-state index is 5.26. The molecule has 0 aromatic heterocycles. The van der Waals surface area contributed by atoms with Gasteiger partial charge < -0.3 is 4.74 Å². The Morgan fingerprint density at radius 2 is 1.93 bits per heavy atom. The van der Waals surface area contributed by atoms with Crippen LogP contribution < -0.4 is 0 Å². The summed E-state index contributed by atoms with van der Waals surface area (Å²) < 4.78 is 5.26. The lowest BCUT2D eigenvalue weighted by molar-refractivity contribution is 0.0505. The van der Waals surface area contributed by atoms with E-state index in [9.17, 15) is 0 Å². The highest BCUT2D eigenvalue weighted by Crippen LogP contribution is 2.14. The summed E-state index contributed by atoms with van der Waals surface area (Å²) in [6.07, 6.45) is 6.03. The Morgan fingerprint density at radius 1 is 1.36 bits per heavy atom. The van der Waals surface area contributed by atoms with E-state index in [4.69, 9.17) is 4.74 Å². The molecule has 1 aliphatic heterocycles. The third-order valence-corrected chi connectivity index (χ3v) is 2.03. The summed E-state index contributed by atoms with van der Waals surface area (Å²) in [5.74, 6) is 0. The van der Waals surface area contributed by atoms with Crippen molar-refractivity contribution in [2.45, 2.75) is 39.7 Å². The van der Waals surface area contributed by atoms with Gasteiger partial charge in [0.1, 0.15) is 0 Å². The van der Waals surface area contributed by atoms with Crippen LogP contribution in [-0.4, -0.2) is 31.0 Å². The maximum atomic E-state index is 5.26. The molecule has 1 heterocycles. The van der Waals surface area contributed by atoms with Gasteiger partial charge in [-0.2, -0.15) is 5.10 Å². The van der Waals surface area contributed by atoms with Crippen LogP contribution >= 0.6 is 0 Å². The molecule has 1 rings (SSSR count). The number of allylic oxidation sites excluding steroid dienone is 1. The van der Waals surface area contributed by atoms with Gasteiger partial charge in [-0.25, -0.2) is 0 Å². The van der Waals surface area contributed by atoms with E-state index in [-0.39, 0.29) is 0 Å². The van der Waals surface area contributed by atoms with E-state index in [0.717, 1.165) is 26.1 Å². The Morgan fingerprint density at radius 3 is 2.36 bits per heavy atom. The predicted molar refractivity (Wildman–Crippen MR) is 61.4 cm³/mol. The summed E-state index contributed by atoms with van der Waals surface area (Å²) in [6, 6.07) is 0.479. The van der Waals surface area contributed by atoms with Crippen LogP contribution in [0.5, 0.6) is 0 Å². The fourth-order valence-electron chi connectivity index (χ4n) is 1.39. The van der Waals surface area contributed by atoms with Crippen molar-refractivity contribution in [2.24, 2.45) is 5.10 Å². The molecule has 0 bridgehead atoms. The van der Waals surface area contributed by atoms with E-state index >= 15 is 0 Å². The van der Waals surface area contributed by atoms with Crippen molar-refractivity contribution in [1.29, 1.82) is 0 Å². The average molecular weight is 198 g/mol. The van der Waals surface area contributed by atoms with E-state index in [2.05, 4.69) is 11.8 Å². The number of hydrazone groups is 1. The van der Waals surface area contributed by atoms with Crippen molar-refractivity contribution in [3.05, 3.63) is 12.3 Å². The molecular weight excluding hydrogens is 176 g/mol. The Labute approximate surface area is 87.4 Å². The van der Waals surface area contributed by atoms with Crippen molar-refractivity contribution >= 4 is 6.72 Å². The third-order valence-electron chi connectivity index (χ3n) is 2.03. The molecule has 1 aliphatic rings. The largest absolute Gasteiger partial charge is 0.381 e. The highest BCUT2D eigenvalue weighted by atomic mass is 16.5. The molecule has 3 heteroatoms. The number of rotatable bonds is 3. The van der Waals surface area contributed by atoms with E-state index in [1.807, 2.05) is 38.1 Å². The second-order valence-corrected chi connectivity index (χ2v) is 2.85. The molecule has 82 valence electrons. The summed E-state index contributed by atoms with van der Waals surface area (Å²) in [6.45, 7) is 11.2. The highest BCUT2D eigenvalue weighted by molar-refractivity contribution is 5.23. The molecule has 0 unspecified atom stereocenters. The zero-order valence-electron chi connectivity index (χ0n) is 9.57. The lowest BCUT2D eigenvalue weighted by Crippen LogP contribution is -2.32. The Kier molecular flexibility index (Phi) is 8.24. The zero-order chi connectivity index (χ0) is 10.8. The average Bonchev–Trinajstić information content (AvgIpc) is 2.30. The molecule has 0 N–H and O–H groups in total. The SMILES string of the molecule is C=NN(/C=C\C)C1CCOCC1.CC. The van der Waals surface area contributed by atoms with Crippen molar-refractivity contribution in [1.82, 2.24) is 5.01 Å². The van der Waals surface area contributed by atoms with E-state index < -0.39 is 0 Å². The first-order chi connectivity index (χ1) is 6.88. The minimum absolute atomic E-state index is 0.479. The van der Waals surface area contributed by atoms with Crippen LogP contribution in [0.25, 0.3) is 0 Å². The smallest absolute Gasteiger partial charge is 0.0562 e. The summed E-state index contributed by atoms with van der Waals surface area (Å²) in [7, 11) is 0. The molecule has 0 aliphatic carbocycles. The summed E-state index contributed by atoms with van der Waals surface area (Å²) in [5.41, 5.74) is 0. The zero-order valence-corrected chi connectivity index (χ0v) is 9.57. The van der Waals surface area contributed by atoms with Gasteiger partial charge >= 0.3 is 0 Å². The number of nitrogens with zero attached hydrogens (tertiary/aromatic N) is 2. The van der Waals surface area contributed by atoms with Gasteiger partial charge in [-0.3, -0.25) is 5.01 Å². The number of ether oxygens (including phenoxy) is 1. The summed E-state index contributed by atoms with van der Waals surface area (Å²) >= 11 is 0. The third kappa shape index (κ3) is 4.42. The normalized spacial score (nSPS) is 17.4.